The van der Waals surface area contributed by atoms with Gasteiger partial charge in [-0.3, -0.25) is 4.79 Å². The molecule has 3 aromatic rings. The molecular weight excluding hydrogens is 381 g/mol. The molecule has 0 unspecified atom stereocenters. The van der Waals surface area contributed by atoms with Gasteiger partial charge >= 0.3 is 0 Å². The van der Waals surface area contributed by atoms with Crippen LogP contribution in [0.15, 0.2) is 42.7 Å². The number of nitrogens with zero attached hydrogens (tertiary/aromatic N) is 3. The largest absolute Gasteiger partial charge is 0.383 e. The zero-order valence-corrected chi connectivity index (χ0v) is 17.8. The van der Waals surface area contributed by atoms with E-state index < -0.39 is 5.95 Å². The van der Waals surface area contributed by atoms with Gasteiger partial charge in [0.2, 0.25) is 5.95 Å². The molecule has 0 fully saturated rings. The Kier molecular flexibility index (Phi) is 6.62. The maximum atomic E-state index is 14.5. The van der Waals surface area contributed by atoms with Crippen LogP contribution < -0.4 is 11.1 Å². The standard InChI is InChI=1S/C23H28FN5O/c1-14(2)29(15(3)4)23(30)20-18(8-9-27-21(20)24)13-26-12-16-5-6-19-17(11-16)7-10-28-22(19)25/h5-11,14-15,26H,12-13H2,1-4H3,(H2,25,28). The molecule has 0 aliphatic heterocycles. The van der Waals surface area contributed by atoms with E-state index in [9.17, 15) is 9.18 Å². The molecule has 3 rings (SSSR count). The molecule has 3 N–H and O–H groups in total. The summed E-state index contributed by atoms with van der Waals surface area (Å²) < 4.78 is 14.5. The molecule has 0 bridgehead atoms. The Hall–Kier alpha value is -3.06. The molecule has 0 radical (unpaired) electrons. The summed E-state index contributed by atoms with van der Waals surface area (Å²) in [4.78, 5) is 22.6. The lowest BCUT2D eigenvalue weighted by Gasteiger charge is -2.31. The van der Waals surface area contributed by atoms with Gasteiger partial charge in [-0.2, -0.15) is 4.39 Å². The van der Waals surface area contributed by atoms with Gasteiger partial charge in [0.25, 0.3) is 5.91 Å². The number of nitrogens with two attached hydrogens (primary N) is 1. The second kappa shape index (κ2) is 9.17. The van der Waals surface area contributed by atoms with E-state index in [1.807, 2.05) is 52.0 Å². The fourth-order valence-electron chi connectivity index (χ4n) is 3.74. The van der Waals surface area contributed by atoms with Crippen molar-refractivity contribution in [3.8, 4) is 0 Å². The lowest BCUT2D eigenvalue weighted by Crippen LogP contribution is -2.43. The number of carbonyl (C=O) groups excluding carboxylic acids is 1. The minimum absolute atomic E-state index is 0.0322. The highest BCUT2D eigenvalue weighted by Crippen LogP contribution is 2.21. The monoisotopic (exact) mass is 409 g/mol. The van der Waals surface area contributed by atoms with Gasteiger partial charge in [0, 0.05) is 43.0 Å². The van der Waals surface area contributed by atoms with Crippen LogP contribution in [0, 0.1) is 5.95 Å². The number of halogens is 1. The Morgan fingerprint density at radius 3 is 2.47 bits per heavy atom. The maximum absolute atomic E-state index is 14.5. The minimum atomic E-state index is -0.737. The number of fused-ring (bicyclic) bond motifs is 1. The number of hydrogen-bond acceptors (Lipinski definition) is 5. The first-order valence-corrected chi connectivity index (χ1v) is 10.1. The molecular formula is C23H28FN5O. The highest BCUT2D eigenvalue weighted by Gasteiger charge is 2.27. The number of aromatic nitrogens is 2. The van der Waals surface area contributed by atoms with Crippen molar-refractivity contribution in [2.75, 3.05) is 5.73 Å². The highest BCUT2D eigenvalue weighted by atomic mass is 19.1. The van der Waals surface area contributed by atoms with Crippen LogP contribution in [-0.4, -0.2) is 32.9 Å². The Bertz CT molecular complexity index is 1040. The summed E-state index contributed by atoms with van der Waals surface area (Å²) in [5, 5.41) is 5.23. The summed E-state index contributed by atoms with van der Waals surface area (Å²) in [5.74, 6) is -0.572. The molecule has 0 spiro atoms. The van der Waals surface area contributed by atoms with Crippen molar-refractivity contribution in [2.45, 2.75) is 52.9 Å². The number of benzene rings is 1. The van der Waals surface area contributed by atoms with Gasteiger partial charge in [-0.15, -0.1) is 0 Å². The zero-order chi connectivity index (χ0) is 21.8. The summed E-state index contributed by atoms with van der Waals surface area (Å²) in [5.41, 5.74) is 7.58. The first kappa shape index (κ1) is 21.6. The Labute approximate surface area is 176 Å². The highest BCUT2D eigenvalue weighted by molar-refractivity contribution is 5.96. The van der Waals surface area contributed by atoms with Crippen LogP contribution in [0.5, 0.6) is 0 Å². The Morgan fingerprint density at radius 1 is 1.07 bits per heavy atom. The van der Waals surface area contributed by atoms with Crippen LogP contribution in [-0.2, 0) is 13.1 Å². The van der Waals surface area contributed by atoms with E-state index in [-0.39, 0.29) is 23.6 Å². The van der Waals surface area contributed by atoms with Gasteiger partial charge in [0.15, 0.2) is 0 Å². The number of pyridine rings is 2. The molecule has 1 aromatic carbocycles. The molecule has 0 aliphatic rings. The summed E-state index contributed by atoms with van der Waals surface area (Å²) in [6.45, 7) is 8.60. The molecule has 6 nitrogen and oxygen atoms in total. The topological polar surface area (TPSA) is 84.1 Å². The van der Waals surface area contributed by atoms with Gasteiger partial charge in [-0.05, 0) is 62.4 Å². The van der Waals surface area contributed by atoms with Crippen molar-refractivity contribution in [3.63, 3.8) is 0 Å². The van der Waals surface area contributed by atoms with Crippen molar-refractivity contribution >= 4 is 22.5 Å². The normalized spacial score (nSPS) is 11.4. The van der Waals surface area contributed by atoms with E-state index in [1.54, 1.807) is 17.2 Å². The first-order chi connectivity index (χ1) is 14.3. The fraction of sp³-hybridized carbons (Fsp3) is 0.348. The number of anilines is 1. The van der Waals surface area contributed by atoms with Gasteiger partial charge in [0.1, 0.15) is 5.82 Å². The number of nitrogen functional groups attached to an aromatic ring is 1. The predicted molar refractivity (Wildman–Crippen MR) is 117 cm³/mol. The number of carbonyl (C=O) groups is 1. The summed E-state index contributed by atoms with van der Waals surface area (Å²) in [7, 11) is 0. The van der Waals surface area contributed by atoms with E-state index in [0.29, 0.717) is 24.5 Å². The third kappa shape index (κ3) is 4.57. The van der Waals surface area contributed by atoms with Crippen LogP contribution in [0.1, 0.15) is 49.2 Å². The fourth-order valence-corrected chi connectivity index (χ4v) is 3.74. The first-order valence-electron chi connectivity index (χ1n) is 10.1. The molecule has 0 saturated heterocycles. The average molecular weight is 410 g/mol. The Morgan fingerprint density at radius 2 is 1.77 bits per heavy atom. The molecule has 2 heterocycles. The summed E-state index contributed by atoms with van der Waals surface area (Å²) >= 11 is 0. The summed E-state index contributed by atoms with van der Waals surface area (Å²) in [6.07, 6.45) is 3.08. The number of hydrogen-bond donors (Lipinski definition) is 2. The molecule has 0 saturated carbocycles. The van der Waals surface area contributed by atoms with Crippen LogP contribution in [0.3, 0.4) is 0 Å². The maximum Gasteiger partial charge on any atom is 0.259 e. The van der Waals surface area contributed by atoms with Crippen LogP contribution in [0.4, 0.5) is 10.2 Å². The van der Waals surface area contributed by atoms with Crippen LogP contribution in [0.25, 0.3) is 10.8 Å². The lowest BCUT2D eigenvalue weighted by molar-refractivity contribution is 0.0636. The predicted octanol–water partition coefficient (Wildman–Crippen LogP) is 3.90. The molecule has 0 atom stereocenters. The average Bonchev–Trinajstić information content (AvgIpc) is 2.67. The van der Waals surface area contributed by atoms with Crippen molar-refractivity contribution in [3.05, 3.63) is 65.4 Å². The van der Waals surface area contributed by atoms with Crippen molar-refractivity contribution < 1.29 is 9.18 Å². The zero-order valence-electron chi connectivity index (χ0n) is 17.8. The molecule has 2 aromatic heterocycles. The van der Waals surface area contributed by atoms with E-state index in [2.05, 4.69) is 15.3 Å². The minimum Gasteiger partial charge on any atom is -0.383 e. The van der Waals surface area contributed by atoms with Crippen molar-refractivity contribution in [2.24, 2.45) is 0 Å². The second-order valence-electron chi connectivity index (χ2n) is 7.89. The van der Waals surface area contributed by atoms with E-state index in [0.717, 1.165) is 16.3 Å². The van der Waals surface area contributed by atoms with E-state index >= 15 is 0 Å². The van der Waals surface area contributed by atoms with Gasteiger partial charge in [-0.25, -0.2) is 9.97 Å². The molecule has 7 heteroatoms. The number of nitrogens with one attached hydrogen (secondary N) is 1. The molecule has 30 heavy (non-hydrogen) atoms. The number of amides is 1. The van der Waals surface area contributed by atoms with Crippen molar-refractivity contribution in [1.82, 2.24) is 20.2 Å². The summed E-state index contributed by atoms with van der Waals surface area (Å²) in [6, 6.07) is 9.48. The van der Waals surface area contributed by atoms with Crippen molar-refractivity contribution in [1.29, 1.82) is 0 Å². The lowest BCUT2D eigenvalue weighted by atomic mass is 10.1. The quantitative estimate of drug-likeness (QED) is 0.578. The SMILES string of the molecule is CC(C)N(C(=O)c1c(CNCc2ccc3c(N)nccc3c2)ccnc1F)C(C)C. The second-order valence-corrected chi connectivity index (χ2v) is 7.89. The van der Waals surface area contributed by atoms with Gasteiger partial charge in [0.05, 0.1) is 5.56 Å². The van der Waals surface area contributed by atoms with Gasteiger partial charge < -0.3 is 16.0 Å². The molecule has 1 amide bonds. The molecule has 158 valence electrons. The van der Waals surface area contributed by atoms with Crippen LogP contribution in [0.2, 0.25) is 0 Å². The van der Waals surface area contributed by atoms with E-state index in [1.165, 1.54) is 6.20 Å². The third-order valence-corrected chi connectivity index (χ3v) is 5.06. The van der Waals surface area contributed by atoms with E-state index in [4.69, 9.17) is 5.73 Å². The van der Waals surface area contributed by atoms with Gasteiger partial charge in [-0.1, -0.05) is 12.1 Å². The van der Waals surface area contributed by atoms with Crippen LogP contribution >= 0.6 is 0 Å². The smallest absolute Gasteiger partial charge is 0.259 e. The third-order valence-electron chi connectivity index (χ3n) is 5.06. The molecule has 0 aliphatic carbocycles. The number of rotatable bonds is 7. The Balaban J connectivity index is 1.78.